The Balaban J connectivity index is 1.28. The number of amides is 2. The van der Waals surface area contributed by atoms with E-state index in [1.54, 1.807) is 18.2 Å². The summed E-state index contributed by atoms with van der Waals surface area (Å²) in [6.07, 6.45) is 1.66. The van der Waals surface area contributed by atoms with Crippen LogP contribution in [0.5, 0.6) is 0 Å². The zero-order valence-electron chi connectivity index (χ0n) is 19.3. The van der Waals surface area contributed by atoms with Crippen molar-refractivity contribution in [3.63, 3.8) is 0 Å². The molecule has 1 saturated heterocycles. The Morgan fingerprint density at radius 1 is 1.03 bits per heavy atom. The van der Waals surface area contributed by atoms with Crippen molar-refractivity contribution >= 4 is 18.0 Å². The second-order valence-electron chi connectivity index (χ2n) is 8.90. The van der Waals surface area contributed by atoms with E-state index in [9.17, 15) is 31.5 Å². The molecule has 0 aliphatic carbocycles. The molecular weight excluding hydrogens is 497 g/mol. The van der Waals surface area contributed by atoms with Gasteiger partial charge in [-0.2, -0.15) is 18.3 Å². The maximum absolute atomic E-state index is 14.0. The van der Waals surface area contributed by atoms with Crippen LogP contribution in [-0.4, -0.2) is 51.1 Å². The van der Waals surface area contributed by atoms with Crippen LogP contribution in [0.25, 0.3) is 0 Å². The number of nitrogens with one attached hydrogen (secondary N) is 1. The smallest absolute Gasteiger partial charge is 0.337 e. The molecule has 0 saturated carbocycles. The number of aromatic amines is 1. The van der Waals surface area contributed by atoms with Crippen LogP contribution in [0.1, 0.15) is 51.6 Å². The van der Waals surface area contributed by atoms with Crippen molar-refractivity contribution in [3.05, 3.63) is 81.5 Å². The van der Waals surface area contributed by atoms with E-state index in [0.29, 0.717) is 17.3 Å². The van der Waals surface area contributed by atoms with Crippen molar-refractivity contribution in [2.24, 2.45) is 4.99 Å². The van der Waals surface area contributed by atoms with E-state index in [-0.39, 0.29) is 61.9 Å². The van der Waals surface area contributed by atoms with Gasteiger partial charge in [0.15, 0.2) is 23.0 Å². The summed E-state index contributed by atoms with van der Waals surface area (Å²) in [6, 6.07) is 1.66. The summed E-state index contributed by atoms with van der Waals surface area (Å²) in [5.74, 6) is -4.93. The second-order valence-corrected chi connectivity index (χ2v) is 8.90. The molecule has 7 nitrogen and oxygen atoms in total. The van der Waals surface area contributed by atoms with E-state index in [1.165, 1.54) is 16.0 Å². The molecule has 3 aliphatic rings. The Bertz CT molecular complexity index is 1390. The fraction of sp³-hybridized carbons (Fsp3) is 0.320. The van der Waals surface area contributed by atoms with Crippen molar-refractivity contribution in [3.8, 4) is 0 Å². The van der Waals surface area contributed by atoms with Crippen molar-refractivity contribution in [2.75, 3.05) is 13.1 Å². The van der Waals surface area contributed by atoms with Crippen LogP contribution in [0, 0.1) is 11.6 Å². The van der Waals surface area contributed by atoms with Crippen LogP contribution in [0.3, 0.4) is 0 Å². The zero-order valence-corrected chi connectivity index (χ0v) is 19.3. The topological polar surface area (TPSA) is 81.7 Å². The maximum atomic E-state index is 14.0. The Morgan fingerprint density at radius 3 is 2.51 bits per heavy atom. The highest BCUT2D eigenvalue weighted by molar-refractivity contribution is 5.97. The summed E-state index contributed by atoms with van der Waals surface area (Å²) in [5, 5.41) is 6.91. The molecule has 3 aliphatic heterocycles. The molecule has 1 aromatic carbocycles. The lowest BCUT2D eigenvalue weighted by Crippen LogP contribution is -2.39. The molecule has 5 rings (SSSR count). The summed E-state index contributed by atoms with van der Waals surface area (Å²) >= 11 is 0. The largest absolute Gasteiger partial charge is 0.419 e. The number of rotatable bonds is 3. The number of hydrogen-bond donors (Lipinski definition) is 1. The van der Waals surface area contributed by atoms with E-state index >= 15 is 0 Å². The SMILES string of the molecule is O=C(C1=C=CC=CC=N1)N1Cc2[nH]nc(C(=O)N3CCC(c4ccc(F)c(F)c4C(F)(F)F)CC3)c2C1. The highest BCUT2D eigenvalue weighted by Crippen LogP contribution is 2.41. The highest BCUT2D eigenvalue weighted by atomic mass is 19.4. The molecule has 2 aromatic rings. The molecule has 0 spiro atoms. The maximum Gasteiger partial charge on any atom is 0.419 e. The number of nitrogens with zero attached hydrogens (tertiary/aromatic N) is 4. The van der Waals surface area contributed by atoms with Crippen LogP contribution >= 0.6 is 0 Å². The monoisotopic (exact) mass is 517 g/mol. The van der Waals surface area contributed by atoms with Crippen molar-refractivity contribution in [1.82, 2.24) is 20.0 Å². The number of likely N-dealkylation sites (tertiary alicyclic amines) is 1. The fourth-order valence-electron chi connectivity index (χ4n) is 4.85. The van der Waals surface area contributed by atoms with Gasteiger partial charge < -0.3 is 9.80 Å². The van der Waals surface area contributed by atoms with Gasteiger partial charge in [0.2, 0.25) is 0 Å². The second kappa shape index (κ2) is 9.44. The van der Waals surface area contributed by atoms with Gasteiger partial charge >= 0.3 is 6.18 Å². The average Bonchev–Trinajstić information content (AvgIpc) is 3.34. The van der Waals surface area contributed by atoms with Gasteiger partial charge in [0.05, 0.1) is 24.3 Å². The van der Waals surface area contributed by atoms with Gasteiger partial charge in [0.25, 0.3) is 11.8 Å². The standard InChI is InChI=1S/C25H20F5N5O2/c26-17-6-5-15(20(21(17)27)25(28,29)30)14-7-10-34(11-8-14)24(37)22-16-12-35(13-19(16)32-33-22)23(36)18-4-2-1-3-9-31-18/h1-3,5-6,9,14H,7-8,10-13H2,(H,32,33). The van der Waals surface area contributed by atoms with E-state index < -0.39 is 35.2 Å². The first-order valence-electron chi connectivity index (χ1n) is 11.5. The number of fused-ring (bicyclic) bond motifs is 1. The lowest BCUT2D eigenvalue weighted by molar-refractivity contribution is -0.141. The molecule has 0 unspecified atom stereocenters. The molecule has 4 heterocycles. The van der Waals surface area contributed by atoms with Crippen LogP contribution < -0.4 is 0 Å². The minimum absolute atomic E-state index is 0.115. The van der Waals surface area contributed by atoms with Gasteiger partial charge in [-0.3, -0.25) is 14.7 Å². The molecule has 1 fully saturated rings. The zero-order chi connectivity index (χ0) is 26.3. The third-order valence-electron chi connectivity index (χ3n) is 6.69. The Labute approximate surface area is 207 Å². The molecule has 0 atom stereocenters. The molecule has 37 heavy (non-hydrogen) atoms. The van der Waals surface area contributed by atoms with Gasteiger partial charge in [-0.15, -0.1) is 0 Å². The summed E-state index contributed by atoms with van der Waals surface area (Å²) in [4.78, 5) is 33.1. The van der Waals surface area contributed by atoms with Gasteiger partial charge in [-0.05, 0) is 42.5 Å². The number of hydrogen-bond acceptors (Lipinski definition) is 4. The van der Waals surface area contributed by atoms with Gasteiger partial charge in [-0.25, -0.2) is 13.8 Å². The minimum atomic E-state index is -5.04. The number of alkyl halides is 3. The number of benzene rings is 1. The summed E-state index contributed by atoms with van der Waals surface area (Å²) in [7, 11) is 0. The predicted molar refractivity (Wildman–Crippen MR) is 121 cm³/mol. The quantitative estimate of drug-likeness (QED) is 0.489. The Morgan fingerprint density at radius 2 is 1.78 bits per heavy atom. The predicted octanol–water partition coefficient (Wildman–Crippen LogP) is 4.25. The molecule has 2 amide bonds. The van der Waals surface area contributed by atoms with Gasteiger partial charge in [0, 0.05) is 24.9 Å². The van der Waals surface area contributed by atoms with E-state index in [1.807, 2.05) is 0 Å². The lowest BCUT2D eigenvalue weighted by atomic mass is 9.86. The Kier molecular flexibility index (Phi) is 6.28. The van der Waals surface area contributed by atoms with Crippen molar-refractivity contribution in [1.29, 1.82) is 0 Å². The highest BCUT2D eigenvalue weighted by Gasteiger charge is 2.41. The van der Waals surface area contributed by atoms with Crippen LogP contribution in [0.2, 0.25) is 0 Å². The number of carbonyl (C=O) groups excluding carboxylic acids is 2. The number of piperidine rings is 1. The molecule has 192 valence electrons. The van der Waals surface area contributed by atoms with E-state index in [0.717, 1.165) is 6.07 Å². The normalized spacial score (nSPS) is 17.7. The van der Waals surface area contributed by atoms with Gasteiger partial charge in [-0.1, -0.05) is 17.9 Å². The lowest BCUT2D eigenvalue weighted by Gasteiger charge is -2.33. The fourth-order valence-corrected chi connectivity index (χ4v) is 4.85. The third-order valence-corrected chi connectivity index (χ3v) is 6.69. The molecular formula is C25H20F5N5O2. The van der Waals surface area contributed by atoms with Crippen LogP contribution in [-0.2, 0) is 24.1 Å². The number of aliphatic imine (C=N–C) groups is 1. The first-order valence-corrected chi connectivity index (χ1v) is 11.5. The van der Waals surface area contributed by atoms with Crippen LogP contribution in [0.15, 0.2) is 46.8 Å². The van der Waals surface area contributed by atoms with E-state index in [4.69, 9.17) is 0 Å². The Hall–Kier alpha value is -4.05. The van der Waals surface area contributed by atoms with Crippen LogP contribution in [0.4, 0.5) is 22.0 Å². The molecule has 0 bridgehead atoms. The third kappa shape index (κ3) is 4.60. The first kappa shape index (κ1) is 24.6. The number of aromatic nitrogens is 2. The number of H-pyrrole nitrogens is 1. The number of carbonyl (C=O) groups is 2. The summed E-state index contributed by atoms with van der Waals surface area (Å²) in [6.45, 7) is 0.577. The molecule has 1 aromatic heterocycles. The summed E-state index contributed by atoms with van der Waals surface area (Å²) < 4.78 is 67.9. The first-order chi connectivity index (χ1) is 17.6. The summed E-state index contributed by atoms with van der Waals surface area (Å²) in [5.41, 5.74) is 2.36. The number of allylic oxidation sites excluding steroid dienone is 2. The van der Waals surface area contributed by atoms with Crippen molar-refractivity contribution in [2.45, 2.75) is 38.0 Å². The average molecular weight is 517 g/mol. The van der Waals surface area contributed by atoms with Crippen molar-refractivity contribution < 1.29 is 31.5 Å². The number of halogens is 5. The molecule has 12 heteroatoms. The molecule has 0 radical (unpaired) electrons. The van der Waals surface area contributed by atoms with E-state index in [2.05, 4.69) is 20.9 Å². The van der Waals surface area contributed by atoms with Gasteiger partial charge in [0.1, 0.15) is 0 Å². The molecule has 1 N–H and O–H groups in total. The minimum Gasteiger partial charge on any atom is -0.337 e.